The molecule has 0 bridgehead atoms. The Hall–Kier alpha value is -1.37. The Morgan fingerprint density at radius 3 is 2.87 bits per heavy atom. The molecule has 1 aromatic rings. The molecule has 0 aliphatic carbocycles. The second-order valence-corrected chi connectivity index (χ2v) is 3.17. The monoisotopic (exact) mass is 206 g/mol. The van der Waals surface area contributed by atoms with Gasteiger partial charge in [0.1, 0.15) is 5.82 Å². The molecule has 1 rings (SSSR count). The lowest BCUT2D eigenvalue weighted by Gasteiger charge is -1.98. The van der Waals surface area contributed by atoms with Crippen molar-refractivity contribution in [2.75, 3.05) is 13.6 Å². The van der Waals surface area contributed by atoms with Crippen LogP contribution in [0, 0.1) is 17.7 Å². The molecule has 3 heteroatoms. The summed E-state index contributed by atoms with van der Waals surface area (Å²) in [5.74, 6) is 5.58. The maximum atomic E-state index is 13.3. The first-order valence-corrected chi connectivity index (χ1v) is 4.90. The number of nitrogens with one attached hydrogen (secondary N) is 1. The van der Waals surface area contributed by atoms with Crippen molar-refractivity contribution in [3.63, 3.8) is 0 Å². The van der Waals surface area contributed by atoms with Crippen LogP contribution in [0.5, 0.6) is 0 Å². The number of hydrogen-bond acceptors (Lipinski definition) is 2. The zero-order chi connectivity index (χ0) is 11.1. The number of benzene rings is 1. The minimum absolute atomic E-state index is 0.222. The van der Waals surface area contributed by atoms with E-state index >= 15 is 0 Å². The molecule has 0 fully saturated rings. The summed E-state index contributed by atoms with van der Waals surface area (Å²) in [5.41, 5.74) is 6.58. The van der Waals surface area contributed by atoms with Crippen LogP contribution >= 0.6 is 0 Å². The zero-order valence-electron chi connectivity index (χ0n) is 8.81. The van der Waals surface area contributed by atoms with Crippen LogP contribution in [0.3, 0.4) is 0 Å². The molecule has 0 heterocycles. The van der Waals surface area contributed by atoms with E-state index in [1.165, 1.54) is 6.07 Å². The lowest BCUT2D eigenvalue weighted by molar-refractivity contribution is 0.610. The molecule has 0 radical (unpaired) electrons. The van der Waals surface area contributed by atoms with E-state index in [1.54, 1.807) is 12.1 Å². The number of halogens is 1. The van der Waals surface area contributed by atoms with Crippen molar-refractivity contribution in [3.05, 3.63) is 35.1 Å². The van der Waals surface area contributed by atoms with Crippen molar-refractivity contribution < 1.29 is 4.39 Å². The fourth-order valence-corrected chi connectivity index (χ4v) is 1.14. The van der Waals surface area contributed by atoms with Crippen LogP contribution < -0.4 is 11.1 Å². The van der Waals surface area contributed by atoms with Crippen LogP contribution in [-0.4, -0.2) is 13.6 Å². The van der Waals surface area contributed by atoms with Gasteiger partial charge in [0.15, 0.2) is 0 Å². The molecule has 0 aromatic heterocycles. The molecule has 2 nitrogen and oxygen atoms in total. The SMILES string of the molecule is CNCCC#Cc1ccc(CN)c(F)c1. The molecular formula is C12H15FN2. The number of nitrogens with two attached hydrogens (primary N) is 1. The van der Waals surface area contributed by atoms with Crippen LogP contribution in [0.2, 0.25) is 0 Å². The van der Waals surface area contributed by atoms with E-state index in [9.17, 15) is 4.39 Å². The Bertz CT molecular complexity index is 377. The Morgan fingerprint density at radius 1 is 1.47 bits per heavy atom. The van der Waals surface area contributed by atoms with E-state index in [1.807, 2.05) is 7.05 Å². The molecule has 0 aliphatic rings. The third-order valence-corrected chi connectivity index (χ3v) is 2.01. The van der Waals surface area contributed by atoms with Gasteiger partial charge in [-0.2, -0.15) is 0 Å². The third-order valence-electron chi connectivity index (χ3n) is 2.01. The van der Waals surface area contributed by atoms with Crippen molar-refractivity contribution >= 4 is 0 Å². The molecule has 0 atom stereocenters. The van der Waals surface area contributed by atoms with Crippen LogP contribution in [0.1, 0.15) is 17.5 Å². The average Bonchev–Trinajstić information content (AvgIpc) is 2.25. The van der Waals surface area contributed by atoms with E-state index in [-0.39, 0.29) is 12.4 Å². The minimum Gasteiger partial charge on any atom is -0.326 e. The molecule has 0 spiro atoms. The summed E-state index contributed by atoms with van der Waals surface area (Å²) in [6.07, 6.45) is 0.761. The number of rotatable bonds is 3. The van der Waals surface area contributed by atoms with Crippen molar-refractivity contribution in [1.82, 2.24) is 5.32 Å². The van der Waals surface area contributed by atoms with Crippen LogP contribution in [0.4, 0.5) is 4.39 Å². The van der Waals surface area contributed by atoms with E-state index in [4.69, 9.17) is 5.73 Å². The minimum atomic E-state index is -0.280. The summed E-state index contributed by atoms with van der Waals surface area (Å²) >= 11 is 0. The molecule has 0 aliphatic heterocycles. The van der Waals surface area contributed by atoms with Gasteiger partial charge in [0.2, 0.25) is 0 Å². The smallest absolute Gasteiger partial charge is 0.128 e. The second kappa shape index (κ2) is 6.18. The lowest BCUT2D eigenvalue weighted by atomic mass is 10.1. The molecule has 0 amide bonds. The Labute approximate surface area is 89.7 Å². The Morgan fingerprint density at radius 2 is 2.27 bits per heavy atom. The summed E-state index contributed by atoms with van der Waals surface area (Å²) in [5, 5.41) is 2.99. The predicted molar refractivity (Wildman–Crippen MR) is 59.7 cm³/mol. The largest absolute Gasteiger partial charge is 0.326 e. The fourth-order valence-electron chi connectivity index (χ4n) is 1.14. The second-order valence-electron chi connectivity index (χ2n) is 3.17. The Balaban J connectivity index is 2.69. The zero-order valence-corrected chi connectivity index (χ0v) is 8.81. The number of hydrogen-bond donors (Lipinski definition) is 2. The van der Waals surface area contributed by atoms with E-state index < -0.39 is 0 Å². The van der Waals surface area contributed by atoms with Gasteiger partial charge in [0.25, 0.3) is 0 Å². The predicted octanol–water partition coefficient (Wildman–Crippen LogP) is 1.25. The highest BCUT2D eigenvalue weighted by Gasteiger charge is 1.99. The van der Waals surface area contributed by atoms with Crippen molar-refractivity contribution in [1.29, 1.82) is 0 Å². The molecule has 3 N–H and O–H groups in total. The summed E-state index contributed by atoms with van der Waals surface area (Å²) in [6.45, 7) is 1.07. The lowest BCUT2D eigenvalue weighted by Crippen LogP contribution is -2.05. The molecule has 1 aromatic carbocycles. The van der Waals surface area contributed by atoms with Gasteiger partial charge < -0.3 is 11.1 Å². The van der Waals surface area contributed by atoms with Gasteiger partial charge >= 0.3 is 0 Å². The van der Waals surface area contributed by atoms with Crippen LogP contribution in [-0.2, 0) is 6.54 Å². The molecule has 0 saturated carbocycles. The topological polar surface area (TPSA) is 38.0 Å². The molecule has 0 saturated heterocycles. The van der Waals surface area contributed by atoms with Crippen LogP contribution in [0.15, 0.2) is 18.2 Å². The summed E-state index contributed by atoms with van der Waals surface area (Å²) < 4.78 is 13.3. The summed E-state index contributed by atoms with van der Waals surface area (Å²) in [6, 6.07) is 4.89. The summed E-state index contributed by atoms with van der Waals surface area (Å²) in [7, 11) is 1.87. The average molecular weight is 206 g/mol. The maximum absolute atomic E-state index is 13.3. The van der Waals surface area contributed by atoms with E-state index in [0.717, 1.165) is 13.0 Å². The van der Waals surface area contributed by atoms with Gasteiger partial charge in [-0.25, -0.2) is 4.39 Å². The van der Waals surface area contributed by atoms with Gasteiger partial charge in [-0.3, -0.25) is 0 Å². The van der Waals surface area contributed by atoms with Crippen molar-refractivity contribution in [3.8, 4) is 11.8 Å². The molecular weight excluding hydrogens is 191 g/mol. The van der Waals surface area contributed by atoms with Crippen LogP contribution in [0.25, 0.3) is 0 Å². The first-order chi connectivity index (χ1) is 7.27. The standard InChI is InChI=1S/C12H15FN2/c1-15-7-3-2-4-10-5-6-11(9-14)12(13)8-10/h5-6,8,15H,3,7,9,14H2,1H3. The summed E-state index contributed by atoms with van der Waals surface area (Å²) in [4.78, 5) is 0. The fraction of sp³-hybridized carbons (Fsp3) is 0.333. The molecule has 0 unspecified atom stereocenters. The first kappa shape index (κ1) is 11.7. The van der Waals surface area contributed by atoms with E-state index in [2.05, 4.69) is 17.2 Å². The normalized spacial score (nSPS) is 9.53. The quantitative estimate of drug-likeness (QED) is 0.577. The van der Waals surface area contributed by atoms with Gasteiger partial charge in [0.05, 0.1) is 0 Å². The highest BCUT2D eigenvalue weighted by Crippen LogP contribution is 2.08. The first-order valence-electron chi connectivity index (χ1n) is 4.90. The van der Waals surface area contributed by atoms with Gasteiger partial charge in [-0.1, -0.05) is 17.9 Å². The van der Waals surface area contributed by atoms with Crippen molar-refractivity contribution in [2.24, 2.45) is 5.73 Å². The van der Waals surface area contributed by atoms with Gasteiger partial charge in [0, 0.05) is 30.6 Å². The Kier molecular flexibility index (Phi) is 4.82. The van der Waals surface area contributed by atoms with Gasteiger partial charge in [-0.15, -0.1) is 0 Å². The van der Waals surface area contributed by atoms with Crippen molar-refractivity contribution in [2.45, 2.75) is 13.0 Å². The highest BCUT2D eigenvalue weighted by atomic mass is 19.1. The highest BCUT2D eigenvalue weighted by molar-refractivity contribution is 5.36. The van der Waals surface area contributed by atoms with Gasteiger partial charge in [-0.05, 0) is 19.2 Å². The maximum Gasteiger partial charge on any atom is 0.128 e. The molecule has 15 heavy (non-hydrogen) atoms. The third kappa shape index (κ3) is 3.70. The van der Waals surface area contributed by atoms with E-state index in [0.29, 0.717) is 11.1 Å². The molecule has 80 valence electrons.